The third kappa shape index (κ3) is 6.69. The summed E-state index contributed by atoms with van der Waals surface area (Å²) in [5.41, 5.74) is 1.87. The summed E-state index contributed by atoms with van der Waals surface area (Å²) in [5, 5.41) is 0.943. The number of hydrogen-bond donors (Lipinski definition) is 0. The summed E-state index contributed by atoms with van der Waals surface area (Å²) in [6, 6.07) is 23.3. The van der Waals surface area contributed by atoms with E-state index in [1.807, 2.05) is 12.1 Å². The molecule has 2 heterocycles. The summed E-state index contributed by atoms with van der Waals surface area (Å²) in [7, 11) is -2.76. The number of esters is 1. The Morgan fingerprint density at radius 3 is 2.16 bits per heavy atom. The molecule has 0 unspecified atom stereocenters. The Kier molecular flexibility index (Phi) is 9.48. The SMILES string of the molecule is COC(=O)C1=C(C)N(c2ccc(Br)cc2)/C(=C/c2ccc(CN(Cc3ccc(Cl)cc3)S(=O)(=O)c3ccc(Cl)cc3)o2)C1=O. The van der Waals surface area contributed by atoms with Crippen molar-refractivity contribution in [2.45, 2.75) is 24.9 Å². The van der Waals surface area contributed by atoms with Gasteiger partial charge in [0.25, 0.3) is 0 Å². The van der Waals surface area contributed by atoms with Gasteiger partial charge in [0.15, 0.2) is 0 Å². The van der Waals surface area contributed by atoms with Gasteiger partial charge >= 0.3 is 5.97 Å². The number of rotatable bonds is 9. The lowest BCUT2D eigenvalue weighted by Crippen LogP contribution is -2.30. The number of nitrogens with zero attached hydrogens (tertiary/aromatic N) is 2. The van der Waals surface area contributed by atoms with E-state index in [1.165, 1.54) is 41.8 Å². The molecular formula is C32H25BrCl2N2O6S. The van der Waals surface area contributed by atoms with E-state index in [-0.39, 0.29) is 29.3 Å². The minimum atomic E-state index is -3.98. The number of hydrogen-bond acceptors (Lipinski definition) is 7. The molecule has 0 fully saturated rings. The number of allylic oxidation sites excluding steroid dienone is 2. The number of methoxy groups -OCH3 is 1. The fraction of sp³-hybridized carbons (Fsp3) is 0.125. The molecule has 1 aliphatic heterocycles. The highest BCUT2D eigenvalue weighted by Crippen LogP contribution is 2.36. The van der Waals surface area contributed by atoms with Crippen LogP contribution in [0.4, 0.5) is 5.69 Å². The molecule has 1 aliphatic rings. The summed E-state index contributed by atoms with van der Waals surface area (Å²) in [5.74, 6) is -0.644. The van der Waals surface area contributed by atoms with E-state index in [1.54, 1.807) is 60.4 Å². The molecule has 5 rings (SSSR count). The zero-order valence-electron chi connectivity index (χ0n) is 23.5. The number of carbonyl (C=O) groups is 2. The van der Waals surface area contributed by atoms with Crippen LogP contribution in [0, 0.1) is 0 Å². The van der Waals surface area contributed by atoms with Gasteiger partial charge in [-0.25, -0.2) is 13.2 Å². The van der Waals surface area contributed by atoms with Gasteiger partial charge in [0.1, 0.15) is 17.1 Å². The summed E-state index contributed by atoms with van der Waals surface area (Å²) in [4.78, 5) is 27.7. The third-order valence-corrected chi connectivity index (χ3v) is 9.73. The number of benzene rings is 3. The Morgan fingerprint density at radius 1 is 0.932 bits per heavy atom. The smallest absolute Gasteiger partial charge is 0.343 e. The average Bonchev–Trinajstić information content (AvgIpc) is 3.54. The molecular weight excluding hydrogens is 691 g/mol. The number of carbonyl (C=O) groups excluding carboxylic acids is 2. The van der Waals surface area contributed by atoms with Crippen LogP contribution >= 0.6 is 39.1 Å². The normalized spacial score (nSPS) is 14.6. The second-order valence-electron chi connectivity index (χ2n) is 9.78. The van der Waals surface area contributed by atoms with Gasteiger partial charge in [-0.3, -0.25) is 4.79 Å². The quantitative estimate of drug-likeness (QED) is 0.1000. The molecule has 0 spiro atoms. The van der Waals surface area contributed by atoms with Gasteiger partial charge in [-0.1, -0.05) is 51.3 Å². The van der Waals surface area contributed by atoms with Crippen molar-refractivity contribution >= 4 is 72.7 Å². The molecule has 0 aliphatic carbocycles. The zero-order valence-corrected chi connectivity index (χ0v) is 27.4. The average molecular weight is 716 g/mol. The first-order valence-corrected chi connectivity index (χ1v) is 16.2. The number of furan rings is 1. The lowest BCUT2D eigenvalue weighted by atomic mass is 10.1. The minimum Gasteiger partial charge on any atom is -0.465 e. The van der Waals surface area contributed by atoms with Crippen LogP contribution in [0.5, 0.6) is 0 Å². The molecule has 1 aromatic heterocycles. The number of ether oxygens (including phenoxy) is 1. The van der Waals surface area contributed by atoms with Crippen LogP contribution < -0.4 is 4.90 Å². The molecule has 0 N–H and O–H groups in total. The topological polar surface area (TPSA) is 97.1 Å². The maximum absolute atomic E-state index is 13.7. The summed E-state index contributed by atoms with van der Waals surface area (Å²) in [6.07, 6.45) is 1.52. The van der Waals surface area contributed by atoms with Gasteiger partial charge in [0, 0.05) is 38.5 Å². The minimum absolute atomic E-state index is 0.0423. The lowest BCUT2D eigenvalue weighted by Gasteiger charge is -2.22. The number of ketones is 1. The predicted molar refractivity (Wildman–Crippen MR) is 172 cm³/mol. The van der Waals surface area contributed by atoms with Crippen LogP contribution in [0.15, 0.2) is 116 Å². The fourth-order valence-corrected chi connectivity index (χ4v) is 6.63. The van der Waals surface area contributed by atoms with E-state index in [9.17, 15) is 18.0 Å². The first kappa shape index (κ1) is 31.7. The van der Waals surface area contributed by atoms with Crippen LogP contribution in [0.25, 0.3) is 6.08 Å². The number of halogens is 3. The number of Topliss-reactive ketones (excluding diaryl/α,β-unsaturated/α-hetero) is 1. The van der Waals surface area contributed by atoms with Gasteiger partial charge in [0.2, 0.25) is 15.8 Å². The molecule has 3 aromatic carbocycles. The fourth-order valence-electron chi connectivity index (χ4n) is 4.72. The lowest BCUT2D eigenvalue weighted by molar-refractivity contribution is -0.137. The van der Waals surface area contributed by atoms with Gasteiger partial charge in [-0.05, 0) is 85.3 Å². The van der Waals surface area contributed by atoms with Crippen LogP contribution in [-0.4, -0.2) is 31.6 Å². The van der Waals surface area contributed by atoms with Crippen LogP contribution in [0.2, 0.25) is 10.0 Å². The molecule has 0 saturated heterocycles. The summed E-state index contributed by atoms with van der Waals surface area (Å²) >= 11 is 15.5. The Bertz CT molecular complexity index is 1880. The highest BCUT2D eigenvalue weighted by Gasteiger charge is 2.38. The maximum atomic E-state index is 13.7. The Balaban J connectivity index is 1.49. The van der Waals surface area contributed by atoms with Crippen molar-refractivity contribution in [3.8, 4) is 0 Å². The van der Waals surface area contributed by atoms with E-state index in [2.05, 4.69) is 15.9 Å². The highest BCUT2D eigenvalue weighted by atomic mass is 79.9. The highest BCUT2D eigenvalue weighted by molar-refractivity contribution is 9.10. The summed E-state index contributed by atoms with van der Waals surface area (Å²) < 4.78 is 40.5. The predicted octanol–water partition coefficient (Wildman–Crippen LogP) is 7.62. The van der Waals surface area contributed by atoms with E-state index in [4.69, 9.17) is 32.4 Å². The van der Waals surface area contributed by atoms with Crippen LogP contribution in [0.3, 0.4) is 0 Å². The Morgan fingerprint density at radius 2 is 1.55 bits per heavy atom. The van der Waals surface area contributed by atoms with E-state index in [0.29, 0.717) is 33.0 Å². The van der Waals surface area contributed by atoms with Gasteiger partial charge in [-0.15, -0.1) is 0 Å². The van der Waals surface area contributed by atoms with Crippen LogP contribution in [0.1, 0.15) is 24.0 Å². The molecule has 0 atom stereocenters. The van der Waals surface area contributed by atoms with E-state index >= 15 is 0 Å². The second-order valence-corrected chi connectivity index (χ2v) is 13.5. The standard InChI is InChI=1S/C32H25BrCl2N2O6S/c1-20-30(32(39)42-2)31(38)29(37(20)25-11-5-22(33)6-12-25)17-26-13-14-27(43-26)19-36(18-21-3-7-23(34)8-4-21)44(40,41)28-15-9-24(35)10-16-28/h3-17H,18-19H2,1-2H3/b29-17+. The second kappa shape index (κ2) is 13.1. The number of sulfonamides is 1. The molecule has 44 heavy (non-hydrogen) atoms. The van der Waals surface area contributed by atoms with Crippen LogP contribution in [-0.2, 0) is 37.4 Å². The molecule has 0 amide bonds. The largest absolute Gasteiger partial charge is 0.465 e. The molecule has 8 nitrogen and oxygen atoms in total. The molecule has 12 heteroatoms. The zero-order chi connectivity index (χ0) is 31.6. The first-order chi connectivity index (χ1) is 21.0. The van der Waals surface area contributed by atoms with Crippen molar-refractivity contribution in [2.24, 2.45) is 0 Å². The first-order valence-electron chi connectivity index (χ1n) is 13.2. The van der Waals surface area contributed by atoms with Gasteiger partial charge in [0.05, 0.1) is 24.2 Å². The van der Waals surface area contributed by atoms with Crippen molar-refractivity contribution in [1.82, 2.24) is 4.31 Å². The summed E-state index contributed by atoms with van der Waals surface area (Å²) in [6.45, 7) is 1.60. The van der Waals surface area contributed by atoms with Crippen molar-refractivity contribution in [3.05, 3.63) is 133 Å². The van der Waals surface area contributed by atoms with Crippen molar-refractivity contribution < 1.29 is 27.2 Å². The monoisotopic (exact) mass is 714 g/mol. The molecule has 0 radical (unpaired) electrons. The third-order valence-electron chi connectivity index (χ3n) is 6.89. The van der Waals surface area contributed by atoms with Gasteiger partial charge < -0.3 is 14.1 Å². The van der Waals surface area contributed by atoms with E-state index < -0.39 is 21.8 Å². The number of anilines is 1. The maximum Gasteiger partial charge on any atom is 0.343 e. The van der Waals surface area contributed by atoms with E-state index in [0.717, 1.165) is 10.0 Å². The van der Waals surface area contributed by atoms with Crippen molar-refractivity contribution in [3.63, 3.8) is 0 Å². The molecule has 0 saturated carbocycles. The molecule has 0 bridgehead atoms. The molecule has 4 aromatic rings. The van der Waals surface area contributed by atoms with Crippen molar-refractivity contribution in [2.75, 3.05) is 12.0 Å². The van der Waals surface area contributed by atoms with Gasteiger partial charge in [-0.2, -0.15) is 4.31 Å². The Labute approximate surface area is 273 Å². The Hall–Kier alpha value is -3.67. The van der Waals surface area contributed by atoms with Crippen molar-refractivity contribution in [1.29, 1.82) is 0 Å². The molecule has 226 valence electrons.